The Morgan fingerprint density at radius 2 is 1.13 bits per heavy atom. The van der Waals surface area contributed by atoms with E-state index in [0.29, 0.717) is 5.92 Å². The lowest BCUT2D eigenvalue weighted by atomic mass is 9.81. The predicted octanol–water partition coefficient (Wildman–Crippen LogP) is 2.87. The van der Waals surface area contributed by atoms with Gasteiger partial charge in [0.2, 0.25) is 0 Å². The lowest BCUT2D eigenvalue weighted by Crippen LogP contribution is -1.99. The molecule has 2 aromatic rings. The van der Waals surface area contributed by atoms with Gasteiger partial charge in [-0.3, -0.25) is 0 Å². The molecule has 74 valence electrons. The molecule has 0 bridgehead atoms. The van der Waals surface area contributed by atoms with Gasteiger partial charge in [-0.15, -0.1) is 0 Å². The Bertz CT molecular complexity index is 355. The average molecular weight is 194 g/mol. The summed E-state index contributed by atoms with van der Waals surface area (Å²) in [4.78, 5) is 0. The molecule has 15 heavy (non-hydrogen) atoms. The van der Waals surface area contributed by atoms with Crippen molar-refractivity contribution in [2.75, 3.05) is 0 Å². The Hall–Kier alpha value is -1.50. The van der Waals surface area contributed by atoms with Gasteiger partial charge in [-0.25, -0.2) is 0 Å². The zero-order chi connectivity index (χ0) is 10.5. The van der Waals surface area contributed by atoms with E-state index in [9.17, 15) is 0 Å². The molecule has 0 saturated carbocycles. The second-order valence-electron chi connectivity index (χ2n) is 3.78. The summed E-state index contributed by atoms with van der Waals surface area (Å²) in [5.41, 5.74) is 2.82. The molecule has 0 nitrogen and oxygen atoms in total. The maximum atomic E-state index is 2.24. The summed E-state index contributed by atoms with van der Waals surface area (Å²) in [6.07, 6.45) is 1.15. The molecule has 0 unspecified atom stereocenters. The van der Waals surface area contributed by atoms with Crippen molar-refractivity contribution < 1.29 is 0 Å². The Labute approximate surface area is 92.4 Å². The number of hydrogen-bond acceptors (Lipinski definition) is 0. The van der Waals surface area contributed by atoms with Gasteiger partial charge in [-0.1, -0.05) is 67.0 Å². The molecule has 0 N–H and O–H groups in total. The fourth-order valence-electron chi connectivity index (χ4n) is 2.03. The fourth-order valence-corrected chi connectivity index (χ4v) is 2.03. The minimum atomic E-state index is 0.535. The molecular weight excluding hydrogens is 179 g/mol. The van der Waals surface area contributed by atoms with Crippen molar-refractivity contribution in [3.63, 3.8) is 0 Å². The average Bonchev–Trinajstić information content (AvgIpc) is 2.33. The molecule has 0 amide bonds. The van der Waals surface area contributed by atoms with Crippen LogP contribution in [0.1, 0.15) is 17.0 Å². The molecule has 2 rings (SSSR count). The number of benzene rings is 2. The van der Waals surface area contributed by atoms with Crippen LogP contribution in [-0.2, 0) is 0 Å². The van der Waals surface area contributed by atoms with Crippen molar-refractivity contribution in [1.29, 1.82) is 0 Å². The van der Waals surface area contributed by atoms with Crippen molar-refractivity contribution >= 4 is 7.85 Å². The molecule has 0 atom stereocenters. The molecule has 0 aromatic heterocycles. The van der Waals surface area contributed by atoms with Crippen LogP contribution >= 0.6 is 0 Å². The highest BCUT2D eigenvalue weighted by Crippen LogP contribution is 2.26. The lowest BCUT2D eigenvalue weighted by molar-refractivity contribution is 0.919. The number of hydrogen-bond donors (Lipinski definition) is 0. The maximum absolute atomic E-state index is 2.24. The molecule has 0 fully saturated rings. The smallest absolute Gasteiger partial charge is 0.0703 e. The summed E-state index contributed by atoms with van der Waals surface area (Å²) in [7, 11) is 2.24. The highest BCUT2D eigenvalue weighted by Gasteiger charge is 2.10. The summed E-state index contributed by atoms with van der Waals surface area (Å²) >= 11 is 0. The van der Waals surface area contributed by atoms with Crippen LogP contribution in [0.3, 0.4) is 0 Å². The Kier molecular flexibility index (Phi) is 3.23. The predicted molar refractivity (Wildman–Crippen MR) is 68.1 cm³/mol. The monoisotopic (exact) mass is 194 g/mol. The van der Waals surface area contributed by atoms with E-state index in [-0.39, 0.29) is 0 Å². The minimum absolute atomic E-state index is 0.535. The third kappa shape index (κ3) is 2.30. The van der Waals surface area contributed by atoms with Crippen LogP contribution in [0.15, 0.2) is 60.7 Å². The van der Waals surface area contributed by atoms with Crippen LogP contribution in [0.5, 0.6) is 0 Å². The third-order valence-corrected chi connectivity index (χ3v) is 2.81. The third-order valence-electron chi connectivity index (χ3n) is 2.81. The Balaban J connectivity index is 2.34. The zero-order valence-corrected chi connectivity index (χ0v) is 9.06. The van der Waals surface area contributed by atoms with Gasteiger partial charge >= 0.3 is 0 Å². The second-order valence-corrected chi connectivity index (χ2v) is 3.78. The Morgan fingerprint density at radius 1 is 0.733 bits per heavy atom. The Morgan fingerprint density at radius 3 is 1.47 bits per heavy atom. The molecule has 0 radical (unpaired) electrons. The van der Waals surface area contributed by atoms with Crippen LogP contribution in [0.25, 0.3) is 0 Å². The van der Waals surface area contributed by atoms with Crippen LogP contribution < -0.4 is 0 Å². The highest BCUT2D eigenvalue weighted by molar-refractivity contribution is 6.09. The molecule has 0 aliphatic rings. The van der Waals surface area contributed by atoms with E-state index in [4.69, 9.17) is 0 Å². The summed E-state index contributed by atoms with van der Waals surface area (Å²) in [6.45, 7) is 0. The fraction of sp³-hybridized carbons (Fsp3) is 0.143. The van der Waals surface area contributed by atoms with Gasteiger partial charge in [0.15, 0.2) is 0 Å². The van der Waals surface area contributed by atoms with E-state index >= 15 is 0 Å². The highest BCUT2D eigenvalue weighted by atomic mass is 14.1. The van der Waals surface area contributed by atoms with Crippen molar-refractivity contribution in [3.05, 3.63) is 71.8 Å². The van der Waals surface area contributed by atoms with E-state index in [1.165, 1.54) is 11.1 Å². The molecule has 1 heteroatoms. The van der Waals surface area contributed by atoms with Crippen LogP contribution in [0.2, 0.25) is 6.32 Å². The van der Waals surface area contributed by atoms with Gasteiger partial charge in [0.1, 0.15) is 7.85 Å². The largest absolute Gasteiger partial charge is 0.102 e. The lowest BCUT2D eigenvalue weighted by Gasteiger charge is -2.15. The maximum Gasteiger partial charge on any atom is 0.102 e. The quantitative estimate of drug-likeness (QED) is 0.659. The van der Waals surface area contributed by atoms with E-state index in [1.54, 1.807) is 0 Å². The first-order valence-electron chi connectivity index (χ1n) is 5.51. The zero-order valence-electron chi connectivity index (χ0n) is 9.06. The normalized spacial score (nSPS) is 10.5. The second kappa shape index (κ2) is 4.83. The summed E-state index contributed by atoms with van der Waals surface area (Å²) in [5.74, 6) is 0.535. The van der Waals surface area contributed by atoms with Gasteiger partial charge in [-0.2, -0.15) is 0 Å². The van der Waals surface area contributed by atoms with E-state index < -0.39 is 0 Å². The van der Waals surface area contributed by atoms with E-state index in [1.807, 2.05) is 0 Å². The van der Waals surface area contributed by atoms with Crippen LogP contribution in [-0.4, -0.2) is 7.85 Å². The van der Waals surface area contributed by atoms with Crippen LogP contribution in [0.4, 0.5) is 0 Å². The standard InChI is InChI=1S/C14H15B/c15-11-14(12-7-3-1-4-8-12)13-9-5-2-6-10-13/h1-10,14H,11,15H2. The first-order chi connectivity index (χ1) is 7.42. The van der Waals surface area contributed by atoms with E-state index in [2.05, 4.69) is 68.5 Å². The van der Waals surface area contributed by atoms with E-state index in [0.717, 1.165) is 6.32 Å². The van der Waals surface area contributed by atoms with Crippen molar-refractivity contribution in [2.24, 2.45) is 0 Å². The molecule has 0 aliphatic carbocycles. The summed E-state index contributed by atoms with van der Waals surface area (Å²) in [6, 6.07) is 21.4. The summed E-state index contributed by atoms with van der Waals surface area (Å²) < 4.78 is 0. The van der Waals surface area contributed by atoms with Crippen molar-refractivity contribution in [3.8, 4) is 0 Å². The molecule has 2 aromatic carbocycles. The topological polar surface area (TPSA) is 0 Å². The van der Waals surface area contributed by atoms with Gasteiger partial charge < -0.3 is 0 Å². The molecule has 0 heterocycles. The molecular formula is C14H15B. The van der Waals surface area contributed by atoms with Crippen molar-refractivity contribution in [1.82, 2.24) is 0 Å². The molecule has 0 spiro atoms. The molecule has 0 aliphatic heterocycles. The SMILES string of the molecule is BCC(c1ccccc1)c1ccccc1. The van der Waals surface area contributed by atoms with Gasteiger partial charge in [0.25, 0.3) is 0 Å². The van der Waals surface area contributed by atoms with Gasteiger partial charge in [0.05, 0.1) is 0 Å². The van der Waals surface area contributed by atoms with Crippen molar-refractivity contribution in [2.45, 2.75) is 12.2 Å². The summed E-state index contributed by atoms with van der Waals surface area (Å²) in [5, 5.41) is 0. The first-order valence-corrected chi connectivity index (χ1v) is 5.51. The van der Waals surface area contributed by atoms with Gasteiger partial charge in [-0.05, 0) is 11.1 Å². The van der Waals surface area contributed by atoms with Crippen LogP contribution in [0, 0.1) is 0 Å². The minimum Gasteiger partial charge on any atom is -0.0703 e. The number of rotatable bonds is 3. The molecule has 0 saturated heterocycles. The van der Waals surface area contributed by atoms with Gasteiger partial charge in [0, 0.05) is 5.92 Å². The first kappa shape index (κ1) is 10.0.